The van der Waals surface area contributed by atoms with Gasteiger partial charge >= 0.3 is 0 Å². The molecule has 3 aromatic rings. The highest BCUT2D eigenvalue weighted by Gasteiger charge is 2.04. The smallest absolute Gasteiger partial charge is 0.212 e. The van der Waals surface area contributed by atoms with Crippen LogP contribution in [-0.4, -0.2) is 20.8 Å². The summed E-state index contributed by atoms with van der Waals surface area (Å²) in [7, 11) is 0. The van der Waals surface area contributed by atoms with Crippen molar-refractivity contribution in [3.05, 3.63) is 48.5 Å². The van der Waals surface area contributed by atoms with E-state index < -0.39 is 0 Å². The predicted molar refractivity (Wildman–Crippen MR) is 72.0 cm³/mol. The summed E-state index contributed by atoms with van der Waals surface area (Å²) in [6.07, 6.45) is 4.75. The number of thiazole rings is 1. The normalized spacial score (nSPS) is 11.9. The summed E-state index contributed by atoms with van der Waals surface area (Å²) in [4.78, 5) is 16.7. The van der Waals surface area contributed by atoms with E-state index in [9.17, 15) is 0 Å². The largest absolute Gasteiger partial charge is 0.382 e. The van der Waals surface area contributed by atoms with Crippen LogP contribution in [0.25, 0.3) is 10.2 Å². The first-order valence-electron chi connectivity index (χ1n) is 5.29. The fourth-order valence-electron chi connectivity index (χ4n) is 1.50. The molecule has 0 saturated heterocycles. The lowest BCUT2D eigenvalue weighted by Gasteiger charge is -1.95. The van der Waals surface area contributed by atoms with E-state index in [4.69, 9.17) is 5.73 Å². The second kappa shape index (κ2) is 4.50. The van der Waals surface area contributed by atoms with E-state index in [0.29, 0.717) is 16.7 Å². The molecule has 0 aliphatic heterocycles. The molecule has 0 aliphatic carbocycles. The molecule has 0 bridgehead atoms. The summed E-state index contributed by atoms with van der Waals surface area (Å²) in [6.45, 7) is 0. The lowest BCUT2D eigenvalue weighted by atomic mass is 10.3. The lowest BCUT2D eigenvalue weighted by molar-refractivity contribution is 1.17. The van der Waals surface area contributed by atoms with Crippen LogP contribution in [0.5, 0.6) is 0 Å². The van der Waals surface area contributed by atoms with Crippen LogP contribution in [0.3, 0.4) is 0 Å². The van der Waals surface area contributed by atoms with Crippen LogP contribution in [0.4, 0.5) is 5.13 Å². The summed E-state index contributed by atoms with van der Waals surface area (Å²) < 4.78 is 1.09. The van der Waals surface area contributed by atoms with Gasteiger partial charge in [0.1, 0.15) is 5.69 Å². The van der Waals surface area contributed by atoms with Crippen molar-refractivity contribution in [2.45, 2.75) is 0 Å². The number of aliphatic imine (C=N–C) groups is 1. The third kappa shape index (κ3) is 2.05. The Labute approximate surface area is 107 Å². The molecule has 0 atom stereocenters. The first kappa shape index (κ1) is 10.8. The van der Waals surface area contributed by atoms with Gasteiger partial charge in [-0.3, -0.25) is 4.98 Å². The van der Waals surface area contributed by atoms with Gasteiger partial charge in [-0.15, -0.1) is 0 Å². The molecule has 0 unspecified atom stereocenters. The number of benzene rings is 1. The molecule has 3 rings (SSSR count). The minimum Gasteiger partial charge on any atom is -0.382 e. The average molecular weight is 255 g/mol. The van der Waals surface area contributed by atoms with Crippen LogP contribution >= 0.6 is 11.3 Å². The fraction of sp³-hybridized carbons (Fsp3) is 0. The molecule has 2 N–H and O–H groups in total. The van der Waals surface area contributed by atoms with Gasteiger partial charge in [-0.2, -0.15) is 4.99 Å². The number of hydrogen-bond donors (Lipinski definition) is 1. The number of hydrogen-bond acceptors (Lipinski definition) is 5. The molecule has 88 valence electrons. The van der Waals surface area contributed by atoms with Crippen molar-refractivity contribution >= 4 is 32.5 Å². The third-order valence-corrected chi connectivity index (χ3v) is 3.25. The highest BCUT2D eigenvalue weighted by molar-refractivity contribution is 7.22. The molecule has 0 aliphatic rings. The Morgan fingerprint density at radius 3 is 2.89 bits per heavy atom. The highest BCUT2D eigenvalue weighted by Crippen LogP contribution is 2.27. The van der Waals surface area contributed by atoms with Crippen molar-refractivity contribution in [2.75, 3.05) is 0 Å². The highest BCUT2D eigenvalue weighted by atomic mass is 32.1. The molecular weight excluding hydrogens is 246 g/mol. The van der Waals surface area contributed by atoms with Crippen LogP contribution in [-0.2, 0) is 0 Å². The van der Waals surface area contributed by atoms with Crippen molar-refractivity contribution in [3.63, 3.8) is 0 Å². The predicted octanol–water partition coefficient (Wildman–Crippen LogP) is 2.12. The Balaban J connectivity index is 2.00. The fourth-order valence-corrected chi connectivity index (χ4v) is 2.35. The van der Waals surface area contributed by atoms with Crippen LogP contribution in [0.15, 0.2) is 47.8 Å². The molecule has 2 aromatic heterocycles. The van der Waals surface area contributed by atoms with E-state index in [0.717, 1.165) is 10.2 Å². The number of fused-ring (bicyclic) bond motifs is 1. The van der Waals surface area contributed by atoms with E-state index in [-0.39, 0.29) is 0 Å². The van der Waals surface area contributed by atoms with E-state index in [1.54, 1.807) is 18.6 Å². The minimum atomic E-state index is 0.321. The second-order valence-corrected chi connectivity index (χ2v) is 4.56. The van der Waals surface area contributed by atoms with Gasteiger partial charge in [0.25, 0.3) is 0 Å². The summed E-state index contributed by atoms with van der Waals surface area (Å²) in [5, 5.41) is 0.624. The summed E-state index contributed by atoms with van der Waals surface area (Å²) in [6, 6.07) is 7.87. The van der Waals surface area contributed by atoms with Crippen molar-refractivity contribution in [1.82, 2.24) is 15.0 Å². The van der Waals surface area contributed by atoms with Crippen molar-refractivity contribution in [3.8, 4) is 0 Å². The second-order valence-electron chi connectivity index (χ2n) is 3.55. The first-order valence-corrected chi connectivity index (χ1v) is 6.11. The van der Waals surface area contributed by atoms with Crippen LogP contribution in [0, 0.1) is 0 Å². The van der Waals surface area contributed by atoms with Crippen LogP contribution < -0.4 is 5.73 Å². The number of amidine groups is 1. The molecule has 0 spiro atoms. The van der Waals surface area contributed by atoms with Gasteiger partial charge in [-0.25, -0.2) is 9.97 Å². The molecule has 1 aromatic carbocycles. The van der Waals surface area contributed by atoms with Gasteiger partial charge in [0.05, 0.1) is 16.4 Å². The molecule has 0 fully saturated rings. The molecule has 6 heteroatoms. The molecule has 18 heavy (non-hydrogen) atoms. The minimum absolute atomic E-state index is 0.321. The molecule has 2 heterocycles. The molecule has 0 radical (unpaired) electrons. The van der Waals surface area contributed by atoms with Gasteiger partial charge in [0.2, 0.25) is 5.13 Å². The maximum atomic E-state index is 5.86. The van der Waals surface area contributed by atoms with E-state index in [1.807, 2.05) is 24.3 Å². The zero-order valence-corrected chi connectivity index (χ0v) is 10.1. The van der Waals surface area contributed by atoms with Gasteiger partial charge in [-0.05, 0) is 12.1 Å². The average Bonchev–Trinajstić information content (AvgIpc) is 2.82. The maximum absolute atomic E-state index is 5.86. The van der Waals surface area contributed by atoms with Crippen molar-refractivity contribution in [2.24, 2.45) is 10.7 Å². The third-order valence-electron chi connectivity index (χ3n) is 2.32. The van der Waals surface area contributed by atoms with E-state index in [2.05, 4.69) is 19.9 Å². The Bertz CT molecular complexity index is 672. The number of nitrogens with two attached hydrogens (primary N) is 1. The zero-order valence-electron chi connectivity index (χ0n) is 9.32. The van der Waals surface area contributed by atoms with Crippen LogP contribution in [0.1, 0.15) is 5.69 Å². The Kier molecular flexibility index (Phi) is 2.70. The summed E-state index contributed by atoms with van der Waals surface area (Å²) in [5.74, 6) is 0.321. The maximum Gasteiger partial charge on any atom is 0.212 e. The van der Waals surface area contributed by atoms with Gasteiger partial charge < -0.3 is 5.73 Å². The first-order chi connectivity index (χ1) is 8.83. The quantitative estimate of drug-likeness (QED) is 0.562. The lowest BCUT2D eigenvalue weighted by Crippen LogP contribution is -2.14. The standard InChI is InChI=1S/C12H9N5S/c13-11(9-7-14-5-6-15-9)17-12-16-8-3-1-2-4-10(8)18-12/h1-7H,(H2,13,16,17). The number of para-hydroxylation sites is 1. The van der Waals surface area contributed by atoms with E-state index >= 15 is 0 Å². The summed E-state index contributed by atoms with van der Waals surface area (Å²) >= 11 is 1.49. The molecule has 5 nitrogen and oxygen atoms in total. The monoisotopic (exact) mass is 255 g/mol. The van der Waals surface area contributed by atoms with Crippen molar-refractivity contribution < 1.29 is 0 Å². The van der Waals surface area contributed by atoms with E-state index in [1.165, 1.54) is 11.3 Å². The SMILES string of the molecule is N/C(=N\c1nc2ccccc2s1)c1cnccn1. The molecule has 0 amide bonds. The summed E-state index contributed by atoms with van der Waals surface area (Å²) in [5.41, 5.74) is 7.34. The van der Waals surface area contributed by atoms with Crippen molar-refractivity contribution in [1.29, 1.82) is 0 Å². The Hall–Kier alpha value is -2.34. The number of rotatable bonds is 2. The van der Waals surface area contributed by atoms with Gasteiger partial charge in [0, 0.05) is 12.4 Å². The topological polar surface area (TPSA) is 77.0 Å². The van der Waals surface area contributed by atoms with Gasteiger partial charge in [0.15, 0.2) is 5.84 Å². The molecular formula is C12H9N5S. The molecule has 0 saturated carbocycles. The Morgan fingerprint density at radius 2 is 2.11 bits per heavy atom. The Morgan fingerprint density at radius 1 is 1.22 bits per heavy atom. The number of nitrogens with zero attached hydrogens (tertiary/aromatic N) is 4. The van der Waals surface area contributed by atoms with Crippen LogP contribution in [0.2, 0.25) is 0 Å². The zero-order chi connectivity index (χ0) is 12.4. The number of aromatic nitrogens is 3. The van der Waals surface area contributed by atoms with Gasteiger partial charge in [-0.1, -0.05) is 23.5 Å².